The van der Waals surface area contributed by atoms with Gasteiger partial charge in [0.2, 0.25) is 5.91 Å². The zero-order valence-electron chi connectivity index (χ0n) is 39.8. The van der Waals surface area contributed by atoms with Gasteiger partial charge in [-0.2, -0.15) is 0 Å². The van der Waals surface area contributed by atoms with E-state index in [1.54, 1.807) is 0 Å². The van der Waals surface area contributed by atoms with Gasteiger partial charge in [-0.05, 0) is 103 Å². The Morgan fingerprint density at radius 1 is 0.492 bits per heavy atom. The lowest BCUT2D eigenvalue weighted by Gasteiger charge is -2.24. The molecule has 0 saturated carbocycles. The van der Waals surface area contributed by atoms with Crippen LogP contribution in [-0.4, -0.2) is 46.9 Å². The minimum atomic E-state index is -0.807. The predicted octanol–water partition coefficient (Wildman–Crippen LogP) is 15.2. The molecule has 0 fully saturated rings. The van der Waals surface area contributed by atoms with Crippen LogP contribution in [0.2, 0.25) is 0 Å². The molecule has 0 aromatic rings. The van der Waals surface area contributed by atoms with Crippen molar-refractivity contribution < 1.29 is 24.5 Å². The maximum Gasteiger partial charge on any atom is 0.306 e. The van der Waals surface area contributed by atoms with E-state index in [0.29, 0.717) is 19.3 Å². The number of aliphatic hydroxyl groups is 2. The molecule has 0 saturated heterocycles. The summed E-state index contributed by atoms with van der Waals surface area (Å²) in [5.74, 6) is -0.554. The smallest absolute Gasteiger partial charge is 0.306 e. The summed E-state index contributed by atoms with van der Waals surface area (Å²) in [5.41, 5.74) is 0. The molecule has 3 atom stereocenters. The second-order valence-electron chi connectivity index (χ2n) is 16.8. The molecule has 6 nitrogen and oxygen atoms in total. The number of allylic oxidation sites excluding steroid dienone is 14. The highest BCUT2D eigenvalue weighted by Gasteiger charge is 2.24. The average Bonchev–Trinajstić information content (AvgIpc) is 3.25. The number of hydrogen-bond donors (Lipinski definition) is 3. The van der Waals surface area contributed by atoms with E-state index >= 15 is 0 Å². The molecule has 0 aromatic heterocycles. The number of unbranched alkanes of at least 4 members (excludes halogenated alkanes) is 18. The van der Waals surface area contributed by atoms with Crippen LogP contribution in [-0.2, 0) is 14.3 Å². The molecule has 0 rings (SSSR count). The molecule has 6 heteroatoms. The first kappa shape index (κ1) is 58.0. The van der Waals surface area contributed by atoms with Crippen LogP contribution in [0.1, 0.15) is 226 Å². The minimum absolute atomic E-state index is 0.0346. The number of hydrogen-bond acceptors (Lipinski definition) is 5. The molecular weight excluding hydrogens is 755 g/mol. The van der Waals surface area contributed by atoms with Crippen molar-refractivity contribution in [1.82, 2.24) is 5.32 Å². The lowest BCUT2D eigenvalue weighted by molar-refractivity contribution is -0.151. The summed E-state index contributed by atoms with van der Waals surface area (Å²) >= 11 is 0. The third-order valence-corrected chi connectivity index (χ3v) is 11.0. The van der Waals surface area contributed by atoms with Crippen LogP contribution in [0.25, 0.3) is 0 Å². The summed E-state index contributed by atoms with van der Waals surface area (Å²) in [6.45, 7) is 6.31. The van der Waals surface area contributed by atoms with Crippen molar-refractivity contribution in [1.29, 1.82) is 0 Å². The SMILES string of the molecule is CC/C=C/C/C=C/C/C=C/C/C=C/CCCCCC(=O)OC(CCCC/C=C\C/C=C\C/C=C\CCCCC)CC(=O)NC(CO)C(O)CCCCCCCCCCCCC. The number of rotatable bonds is 44. The highest BCUT2D eigenvalue weighted by molar-refractivity contribution is 5.77. The van der Waals surface area contributed by atoms with Crippen LogP contribution in [0.3, 0.4) is 0 Å². The second-order valence-corrected chi connectivity index (χ2v) is 16.8. The number of carbonyl (C=O) groups excluding carboxylic acids is 2. The third kappa shape index (κ3) is 43.5. The first-order chi connectivity index (χ1) is 30.0. The van der Waals surface area contributed by atoms with Gasteiger partial charge in [-0.1, -0.05) is 196 Å². The van der Waals surface area contributed by atoms with Gasteiger partial charge in [0.05, 0.1) is 25.2 Å². The topological polar surface area (TPSA) is 95.9 Å². The second kappa shape index (κ2) is 48.1. The monoisotopic (exact) mass is 850 g/mol. The number of ether oxygens (including phenoxy) is 1. The van der Waals surface area contributed by atoms with Crippen molar-refractivity contribution in [2.45, 2.75) is 244 Å². The van der Waals surface area contributed by atoms with Crippen molar-refractivity contribution in [3.05, 3.63) is 85.1 Å². The maximum atomic E-state index is 13.2. The summed E-state index contributed by atoms with van der Waals surface area (Å²) in [5, 5.41) is 23.7. The molecular formula is C55H95NO5. The largest absolute Gasteiger partial charge is 0.462 e. The Hall–Kier alpha value is -2.96. The molecule has 1 amide bonds. The van der Waals surface area contributed by atoms with E-state index in [4.69, 9.17) is 4.74 Å². The fraction of sp³-hybridized carbons (Fsp3) is 0.709. The molecule has 0 spiro atoms. The van der Waals surface area contributed by atoms with Crippen LogP contribution in [0.4, 0.5) is 0 Å². The van der Waals surface area contributed by atoms with Gasteiger partial charge >= 0.3 is 5.97 Å². The molecule has 350 valence electrons. The van der Waals surface area contributed by atoms with Crippen LogP contribution in [0.15, 0.2) is 85.1 Å². The van der Waals surface area contributed by atoms with E-state index in [1.165, 1.54) is 77.0 Å². The van der Waals surface area contributed by atoms with Crippen LogP contribution in [0.5, 0.6) is 0 Å². The van der Waals surface area contributed by atoms with Crippen molar-refractivity contribution in [3.8, 4) is 0 Å². The first-order valence-corrected chi connectivity index (χ1v) is 25.3. The molecule has 3 N–H and O–H groups in total. The van der Waals surface area contributed by atoms with E-state index in [2.05, 4.69) is 111 Å². The number of amides is 1. The summed E-state index contributed by atoms with van der Waals surface area (Å²) in [4.78, 5) is 26.1. The van der Waals surface area contributed by atoms with E-state index in [0.717, 1.165) is 103 Å². The highest BCUT2D eigenvalue weighted by atomic mass is 16.5. The Bertz CT molecular complexity index is 1180. The van der Waals surface area contributed by atoms with Gasteiger partial charge in [-0.3, -0.25) is 9.59 Å². The van der Waals surface area contributed by atoms with Gasteiger partial charge in [-0.15, -0.1) is 0 Å². The molecule has 0 radical (unpaired) electrons. The van der Waals surface area contributed by atoms with E-state index in [9.17, 15) is 19.8 Å². The normalized spacial score (nSPS) is 14.0. The van der Waals surface area contributed by atoms with Crippen LogP contribution >= 0.6 is 0 Å². The molecule has 0 aliphatic heterocycles. The average molecular weight is 850 g/mol. The fourth-order valence-corrected chi connectivity index (χ4v) is 7.13. The lowest BCUT2D eigenvalue weighted by atomic mass is 10.0. The molecule has 0 heterocycles. The molecule has 0 aromatic carbocycles. The van der Waals surface area contributed by atoms with Gasteiger partial charge in [0, 0.05) is 6.42 Å². The molecule has 0 bridgehead atoms. The Morgan fingerprint density at radius 2 is 0.885 bits per heavy atom. The van der Waals surface area contributed by atoms with Crippen LogP contribution in [0, 0.1) is 0 Å². The molecule has 61 heavy (non-hydrogen) atoms. The van der Waals surface area contributed by atoms with Gasteiger partial charge < -0.3 is 20.3 Å². The van der Waals surface area contributed by atoms with Gasteiger partial charge in [0.25, 0.3) is 0 Å². The molecule has 3 unspecified atom stereocenters. The quantitative estimate of drug-likeness (QED) is 0.0322. The summed E-state index contributed by atoms with van der Waals surface area (Å²) in [7, 11) is 0. The fourth-order valence-electron chi connectivity index (χ4n) is 7.13. The summed E-state index contributed by atoms with van der Waals surface area (Å²) in [6.07, 6.45) is 62.1. The minimum Gasteiger partial charge on any atom is -0.462 e. The third-order valence-electron chi connectivity index (χ3n) is 11.0. The predicted molar refractivity (Wildman–Crippen MR) is 264 cm³/mol. The standard InChI is InChI=1S/C55H95NO5/c1-4-7-10-13-16-19-22-24-26-28-30-33-36-39-42-45-48-55(60)61-51(46-43-40-37-34-32-29-27-25-23-20-17-14-11-8-5-2)49-54(59)56-52(50-57)53(58)47-44-41-38-35-31-21-18-15-12-9-6-3/h7,10,16-17,19-20,24-27,30,32-34,51-53,57-58H,4-6,8-9,11-15,18,21-23,28-29,31,35-50H2,1-3H3,(H,56,59)/b10-7+,19-16+,20-17-,26-24+,27-25-,33-30+,34-32-. The number of esters is 1. The van der Waals surface area contributed by atoms with E-state index in [-0.39, 0.29) is 24.9 Å². The number of carbonyl (C=O) groups is 2. The Balaban J connectivity index is 4.74. The Morgan fingerprint density at radius 3 is 1.38 bits per heavy atom. The van der Waals surface area contributed by atoms with E-state index in [1.807, 2.05) is 0 Å². The van der Waals surface area contributed by atoms with Gasteiger partial charge in [-0.25, -0.2) is 0 Å². The number of nitrogens with one attached hydrogen (secondary N) is 1. The summed E-state index contributed by atoms with van der Waals surface area (Å²) < 4.78 is 5.90. The molecule has 0 aliphatic carbocycles. The van der Waals surface area contributed by atoms with E-state index < -0.39 is 18.2 Å². The Labute approximate surface area is 376 Å². The Kier molecular flexibility index (Phi) is 45.7. The molecule has 0 aliphatic rings. The zero-order valence-corrected chi connectivity index (χ0v) is 39.8. The van der Waals surface area contributed by atoms with Gasteiger partial charge in [0.15, 0.2) is 0 Å². The summed E-state index contributed by atoms with van der Waals surface area (Å²) in [6, 6.07) is -0.724. The number of aliphatic hydroxyl groups excluding tert-OH is 2. The first-order valence-electron chi connectivity index (χ1n) is 25.3. The van der Waals surface area contributed by atoms with Crippen molar-refractivity contribution in [3.63, 3.8) is 0 Å². The zero-order chi connectivity index (χ0) is 44.5. The van der Waals surface area contributed by atoms with Crippen LogP contribution < -0.4 is 5.32 Å². The maximum absolute atomic E-state index is 13.2. The lowest BCUT2D eigenvalue weighted by Crippen LogP contribution is -2.46. The van der Waals surface area contributed by atoms with Gasteiger partial charge in [0.1, 0.15) is 6.10 Å². The van der Waals surface area contributed by atoms with Crippen molar-refractivity contribution >= 4 is 11.9 Å². The van der Waals surface area contributed by atoms with Crippen molar-refractivity contribution in [2.24, 2.45) is 0 Å². The van der Waals surface area contributed by atoms with Crippen molar-refractivity contribution in [2.75, 3.05) is 6.61 Å². The highest BCUT2D eigenvalue weighted by Crippen LogP contribution is 2.16.